The molecule has 1 heterocycles. The molecule has 1 atom stereocenters. The van der Waals surface area contributed by atoms with Crippen molar-refractivity contribution in [2.75, 3.05) is 26.2 Å². The maximum atomic E-state index is 13.1. The average molecular weight is 286 g/mol. The van der Waals surface area contributed by atoms with Gasteiger partial charge in [-0.25, -0.2) is 0 Å². The topological polar surface area (TPSA) is 32.3 Å². The Morgan fingerprint density at radius 3 is 2.38 bits per heavy atom. The number of hydrogen-bond acceptors (Lipinski definition) is 2. The van der Waals surface area contributed by atoms with Gasteiger partial charge in [-0.1, -0.05) is 49.6 Å². The lowest BCUT2D eigenvalue weighted by atomic mass is 9.76. The first-order valence-corrected chi connectivity index (χ1v) is 8.41. The van der Waals surface area contributed by atoms with Gasteiger partial charge in [0.1, 0.15) is 0 Å². The molecule has 1 saturated carbocycles. The van der Waals surface area contributed by atoms with Crippen LogP contribution in [-0.2, 0) is 4.79 Å². The van der Waals surface area contributed by atoms with Crippen molar-refractivity contribution in [3.05, 3.63) is 35.9 Å². The highest BCUT2D eigenvalue weighted by molar-refractivity contribution is 5.84. The number of nitrogens with one attached hydrogen (secondary N) is 1. The molecule has 1 unspecified atom stereocenters. The van der Waals surface area contributed by atoms with Gasteiger partial charge >= 0.3 is 0 Å². The highest BCUT2D eigenvalue weighted by Gasteiger charge is 2.33. The van der Waals surface area contributed by atoms with Crippen LogP contribution in [0, 0.1) is 5.92 Å². The lowest BCUT2D eigenvalue weighted by Gasteiger charge is -2.36. The molecule has 3 nitrogen and oxygen atoms in total. The summed E-state index contributed by atoms with van der Waals surface area (Å²) < 4.78 is 0. The Hall–Kier alpha value is -1.35. The molecule has 0 spiro atoms. The summed E-state index contributed by atoms with van der Waals surface area (Å²) in [5.41, 5.74) is 1.22. The van der Waals surface area contributed by atoms with Crippen molar-refractivity contribution in [1.29, 1.82) is 0 Å². The molecule has 1 aromatic rings. The molecule has 0 radical (unpaired) electrons. The van der Waals surface area contributed by atoms with Gasteiger partial charge in [0.15, 0.2) is 0 Å². The lowest BCUT2D eigenvalue weighted by Crippen LogP contribution is -2.49. The predicted molar refractivity (Wildman–Crippen MR) is 85.2 cm³/mol. The fourth-order valence-electron chi connectivity index (χ4n) is 3.83. The fourth-order valence-corrected chi connectivity index (χ4v) is 3.83. The van der Waals surface area contributed by atoms with E-state index in [4.69, 9.17) is 0 Å². The van der Waals surface area contributed by atoms with Gasteiger partial charge < -0.3 is 10.2 Å². The second-order valence-corrected chi connectivity index (χ2v) is 6.36. The van der Waals surface area contributed by atoms with Gasteiger partial charge in [-0.2, -0.15) is 0 Å². The highest BCUT2D eigenvalue weighted by atomic mass is 16.2. The minimum Gasteiger partial charge on any atom is -0.340 e. The van der Waals surface area contributed by atoms with Crippen LogP contribution in [0.3, 0.4) is 0 Å². The highest BCUT2D eigenvalue weighted by Crippen LogP contribution is 2.37. The second kappa shape index (κ2) is 7.08. The molecule has 1 N–H and O–H groups in total. The summed E-state index contributed by atoms with van der Waals surface area (Å²) in [6.07, 6.45) is 6.31. The van der Waals surface area contributed by atoms with Gasteiger partial charge in [0.25, 0.3) is 0 Å². The summed E-state index contributed by atoms with van der Waals surface area (Å²) in [5.74, 6) is 0.961. The zero-order chi connectivity index (χ0) is 14.5. The molecule has 3 rings (SSSR count). The van der Waals surface area contributed by atoms with Crippen LogP contribution in [0.25, 0.3) is 0 Å². The number of nitrogens with zero attached hydrogens (tertiary/aromatic N) is 1. The van der Waals surface area contributed by atoms with Crippen LogP contribution in [-0.4, -0.2) is 37.0 Å². The first kappa shape index (κ1) is 14.6. The van der Waals surface area contributed by atoms with Crippen molar-refractivity contribution >= 4 is 5.91 Å². The lowest BCUT2D eigenvalue weighted by molar-refractivity contribution is -0.135. The fraction of sp³-hybridized carbons (Fsp3) is 0.611. The van der Waals surface area contributed by atoms with Crippen molar-refractivity contribution < 1.29 is 4.79 Å². The molecular weight excluding hydrogens is 260 g/mol. The molecule has 0 bridgehead atoms. The molecule has 3 heteroatoms. The van der Waals surface area contributed by atoms with Gasteiger partial charge in [-0.15, -0.1) is 0 Å². The van der Waals surface area contributed by atoms with Crippen LogP contribution < -0.4 is 5.32 Å². The summed E-state index contributed by atoms with van der Waals surface area (Å²) in [4.78, 5) is 15.2. The van der Waals surface area contributed by atoms with Gasteiger partial charge in [0.2, 0.25) is 5.91 Å². The summed E-state index contributed by atoms with van der Waals surface area (Å²) in [5, 5.41) is 3.33. The van der Waals surface area contributed by atoms with Crippen molar-refractivity contribution in [2.24, 2.45) is 5.92 Å². The normalized spacial score (nSPS) is 22.0. The monoisotopic (exact) mass is 286 g/mol. The quantitative estimate of drug-likeness (QED) is 0.926. The molecule has 2 aliphatic rings. The molecule has 1 amide bonds. The number of amides is 1. The molecular formula is C18H26N2O. The summed E-state index contributed by atoms with van der Waals surface area (Å²) in [7, 11) is 0. The minimum absolute atomic E-state index is 0.0737. The van der Waals surface area contributed by atoms with E-state index >= 15 is 0 Å². The van der Waals surface area contributed by atoms with E-state index in [1.54, 1.807) is 0 Å². The summed E-state index contributed by atoms with van der Waals surface area (Å²) in [6.45, 7) is 3.57. The summed E-state index contributed by atoms with van der Waals surface area (Å²) in [6, 6.07) is 10.4. The number of hydrogen-bond donors (Lipinski definition) is 1. The molecule has 1 aromatic carbocycles. The SMILES string of the molecule is O=C(C(c1ccccc1)C1CCCCC1)N1CCNCC1. The van der Waals surface area contributed by atoms with Crippen LogP contribution in [0.1, 0.15) is 43.6 Å². The Bertz CT molecular complexity index is 448. The first-order valence-electron chi connectivity index (χ1n) is 8.41. The number of piperazine rings is 1. The van der Waals surface area contributed by atoms with E-state index < -0.39 is 0 Å². The minimum atomic E-state index is 0.0737. The van der Waals surface area contributed by atoms with Gasteiger partial charge in [-0.3, -0.25) is 4.79 Å². The van der Waals surface area contributed by atoms with Crippen molar-refractivity contribution in [1.82, 2.24) is 10.2 Å². The third kappa shape index (κ3) is 3.46. The molecule has 114 valence electrons. The zero-order valence-corrected chi connectivity index (χ0v) is 12.8. The Kier molecular flexibility index (Phi) is 4.91. The van der Waals surface area contributed by atoms with Crippen LogP contribution >= 0.6 is 0 Å². The number of carbonyl (C=O) groups is 1. The third-order valence-corrected chi connectivity index (χ3v) is 4.97. The van der Waals surface area contributed by atoms with Gasteiger partial charge in [0, 0.05) is 26.2 Å². The van der Waals surface area contributed by atoms with Crippen LogP contribution in [0.5, 0.6) is 0 Å². The standard InChI is InChI=1S/C18H26N2O/c21-18(20-13-11-19-12-14-20)17(15-7-3-1-4-8-15)16-9-5-2-6-10-16/h1,3-4,7-8,16-17,19H,2,5-6,9-14H2. The molecule has 1 saturated heterocycles. The summed E-state index contributed by atoms with van der Waals surface area (Å²) >= 11 is 0. The van der Waals surface area contributed by atoms with Crippen LogP contribution in [0.15, 0.2) is 30.3 Å². The number of carbonyl (C=O) groups excluding carboxylic acids is 1. The van der Waals surface area contributed by atoms with Crippen molar-refractivity contribution in [3.63, 3.8) is 0 Å². The third-order valence-electron chi connectivity index (χ3n) is 4.97. The molecule has 1 aliphatic carbocycles. The van der Waals surface area contributed by atoms with Gasteiger partial charge in [0.05, 0.1) is 5.92 Å². The second-order valence-electron chi connectivity index (χ2n) is 6.36. The Morgan fingerprint density at radius 2 is 1.71 bits per heavy atom. The van der Waals surface area contributed by atoms with E-state index in [0.717, 1.165) is 26.2 Å². The van der Waals surface area contributed by atoms with E-state index in [9.17, 15) is 4.79 Å². The largest absolute Gasteiger partial charge is 0.340 e. The van der Waals surface area contributed by atoms with E-state index in [-0.39, 0.29) is 5.92 Å². The molecule has 1 aliphatic heterocycles. The number of rotatable bonds is 3. The average Bonchev–Trinajstić information content (AvgIpc) is 2.58. The van der Waals surface area contributed by atoms with Gasteiger partial charge in [-0.05, 0) is 24.3 Å². The van der Waals surface area contributed by atoms with Crippen LogP contribution in [0.4, 0.5) is 0 Å². The molecule has 2 fully saturated rings. The Morgan fingerprint density at radius 1 is 1.05 bits per heavy atom. The van der Waals surface area contributed by atoms with E-state index in [2.05, 4.69) is 34.5 Å². The Labute approximate surface area is 127 Å². The predicted octanol–water partition coefficient (Wildman–Crippen LogP) is 2.78. The molecule has 0 aromatic heterocycles. The van der Waals surface area contributed by atoms with E-state index in [1.807, 2.05) is 6.07 Å². The van der Waals surface area contributed by atoms with E-state index in [1.165, 1.54) is 37.7 Å². The van der Waals surface area contributed by atoms with Crippen LogP contribution in [0.2, 0.25) is 0 Å². The van der Waals surface area contributed by atoms with Crippen molar-refractivity contribution in [3.8, 4) is 0 Å². The maximum absolute atomic E-state index is 13.1. The van der Waals surface area contributed by atoms with E-state index in [0.29, 0.717) is 11.8 Å². The first-order chi connectivity index (χ1) is 10.4. The molecule has 21 heavy (non-hydrogen) atoms. The maximum Gasteiger partial charge on any atom is 0.230 e. The zero-order valence-electron chi connectivity index (χ0n) is 12.8. The van der Waals surface area contributed by atoms with Crippen molar-refractivity contribution in [2.45, 2.75) is 38.0 Å². The Balaban J connectivity index is 1.82. The smallest absolute Gasteiger partial charge is 0.230 e. The number of benzene rings is 1.